The molecule has 1 aliphatic rings. The first kappa shape index (κ1) is 4.79. The van der Waals surface area contributed by atoms with Crippen molar-refractivity contribution in [2.45, 2.75) is 6.67 Å². The molecule has 0 aromatic carbocycles. The van der Waals surface area contributed by atoms with Crippen LogP contribution in [0.2, 0.25) is 0 Å². The zero-order valence-electron chi connectivity index (χ0n) is 5.41. The topological polar surface area (TPSA) is 7.94 Å². The summed E-state index contributed by atoms with van der Waals surface area (Å²) in [7, 11) is 2.08. The SMILES string of the molecule is C[N+]1=Cc2cccn2C1. The van der Waals surface area contributed by atoms with E-state index in [-0.39, 0.29) is 0 Å². The molecule has 0 unspecified atom stereocenters. The third-order valence-electron chi connectivity index (χ3n) is 1.59. The van der Waals surface area contributed by atoms with E-state index in [1.165, 1.54) is 5.69 Å². The molecule has 0 saturated heterocycles. The number of rotatable bonds is 0. The van der Waals surface area contributed by atoms with Crippen molar-refractivity contribution < 1.29 is 4.58 Å². The molecule has 0 saturated carbocycles. The monoisotopic (exact) mass is 121 g/mol. The lowest BCUT2D eigenvalue weighted by molar-refractivity contribution is -0.518. The van der Waals surface area contributed by atoms with Crippen LogP contribution in [0.4, 0.5) is 0 Å². The fourth-order valence-corrected chi connectivity index (χ4v) is 1.18. The molecular formula is C7H9N2+. The van der Waals surface area contributed by atoms with Gasteiger partial charge in [0.25, 0.3) is 0 Å². The smallest absolute Gasteiger partial charge is 0.222 e. The van der Waals surface area contributed by atoms with Crippen molar-refractivity contribution in [1.82, 2.24) is 4.57 Å². The van der Waals surface area contributed by atoms with E-state index in [1.54, 1.807) is 0 Å². The van der Waals surface area contributed by atoms with E-state index in [2.05, 4.69) is 40.7 Å². The molecule has 0 amide bonds. The third kappa shape index (κ3) is 0.593. The molecule has 1 aliphatic heterocycles. The van der Waals surface area contributed by atoms with Crippen LogP contribution in [0.25, 0.3) is 0 Å². The van der Waals surface area contributed by atoms with Gasteiger partial charge in [-0.3, -0.25) is 4.57 Å². The quantitative estimate of drug-likeness (QED) is 0.442. The largest absolute Gasteiger partial charge is 0.287 e. The van der Waals surface area contributed by atoms with Crippen molar-refractivity contribution in [1.29, 1.82) is 0 Å². The van der Waals surface area contributed by atoms with Gasteiger partial charge in [0.1, 0.15) is 12.7 Å². The number of hydrogen-bond acceptors (Lipinski definition) is 0. The molecule has 0 bridgehead atoms. The van der Waals surface area contributed by atoms with Crippen molar-refractivity contribution in [2.75, 3.05) is 7.05 Å². The Balaban J connectivity index is 2.55. The van der Waals surface area contributed by atoms with E-state index in [0.29, 0.717) is 0 Å². The molecule has 0 radical (unpaired) electrons. The molecule has 2 rings (SSSR count). The highest BCUT2D eigenvalue weighted by atomic mass is 15.2. The number of nitrogens with zero attached hydrogens (tertiary/aromatic N) is 2. The van der Waals surface area contributed by atoms with Crippen LogP contribution in [0.5, 0.6) is 0 Å². The van der Waals surface area contributed by atoms with E-state index in [9.17, 15) is 0 Å². The molecule has 0 fully saturated rings. The Kier molecular flexibility index (Phi) is 0.781. The van der Waals surface area contributed by atoms with Crippen LogP contribution >= 0.6 is 0 Å². The lowest BCUT2D eigenvalue weighted by atomic mass is 10.5. The van der Waals surface area contributed by atoms with Gasteiger partial charge in [-0.15, -0.1) is 0 Å². The van der Waals surface area contributed by atoms with Crippen LogP contribution in [0, 0.1) is 0 Å². The minimum Gasteiger partial charge on any atom is -0.287 e. The minimum absolute atomic E-state index is 1.00. The minimum atomic E-state index is 1.00. The van der Waals surface area contributed by atoms with Gasteiger partial charge < -0.3 is 0 Å². The molecule has 46 valence electrons. The van der Waals surface area contributed by atoms with E-state index >= 15 is 0 Å². The van der Waals surface area contributed by atoms with Crippen molar-refractivity contribution in [3.8, 4) is 0 Å². The lowest BCUT2D eigenvalue weighted by Crippen LogP contribution is -2.01. The average molecular weight is 121 g/mol. The van der Waals surface area contributed by atoms with Gasteiger partial charge in [0.15, 0.2) is 6.21 Å². The van der Waals surface area contributed by atoms with Crippen molar-refractivity contribution >= 4 is 6.21 Å². The summed E-state index contributed by atoms with van der Waals surface area (Å²) in [5.74, 6) is 0. The standard InChI is InChI=1S/C7H9N2/c1-8-5-7-3-2-4-9(7)6-8/h2-5H,6H2,1H3/q+1. The van der Waals surface area contributed by atoms with E-state index in [1.807, 2.05) is 0 Å². The Bertz CT molecular complexity index is 258. The summed E-state index contributed by atoms with van der Waals surface area (Å²) in [4.78, 5) is 0. The Morgan fingerprint density at radius 3 is 3.33 bits per heavy atom. The first-order chi connectivity index (χ1) is 4.36. The third-order valence-corrected chi connectivity index (χ3v) is 1.59. The summed E-state index contributed by atoms with van der Waals surface area (Å²) < 4.78 is 4.37. The fraction of sp³-hybridized carbons (Fsp3) is 0.286. The van der Waals surface area contributed by atoms with Gasteiger partial charge in [0.2, 0.25) is 6.67 Å². The second kappa shape index (κ2) is 1.47. The van der Waals surface area contributed by atoms with Crippen LogP contribution in [0.3, 0.4) is 0 Å². The molecule has 1 aromatic rings. The first-order valence-corrected chi connectivity index (χ1v) is 3.06. The molecule has 2 heteroatoms. The fourth-order valence-electron chi connectivity index (χ4n) is 1.18. The zero-order valence-corrected chi connectivity index (χ0v) is 5.41. The van der Waals surface area contributed by atoms with Crippen LogP contribution in [0.1, 0.15) is 5.69 Å². The lowest BCUT2D eigenvalue weighted by Gasteiger charge is -1.88. The van der Waals surface area contributed by atoms with Crippen LogP contribution in [-0.4, -0.2) is 22.4 Å². The summed E-state index contributed by atoms with van der Waals surface area (Å²) in [6, 6.07) is 4.18. The van der Waals surface area contributed by atoms with Gasteiger partial charge in [-0.05, 0) is 12.1 Å². The molecule has 2 heterocycles. The summed E-state index contributed by atoms with van der Waals surface area (Å²) in [5, 5.41) is 0. The molecule has 1 aromatic heterocycles. The number of hydrogen-bond donors (Lipinski definition) is 0. The molecule has 0 atom stereocenters. The summed E-state index contributed by atoms with van der Waals surface area (Å²) >= 11 is 0. The molecule has 0 aliphatic carbocycles. The van der Waals surface area contributed by atoms with E-state index in [4.69, 9.17) is 0 Å². The Hall–Kier alpha value is -1.05. The average Bonchev–Trinajstić information content (AvgIpc) is 2.22. The second-order valence-corrected chi connectivity index (χ2v) is 2.43. The zero-order chi connectivity index (χ0) is 6.27. The Labute approximate surface area is 54.0 Å². The molecule has 2 nitrogen and oxygen atoms in total. The van der Waals surface area contributed by atoms with Crippen molar-refractivity contribution in [3.05, 3.63) is 24.0 Å². The maximum atomic E-state index is 2.21. The molecule has 0 N–H and O–H groups in total. The maximum Gasteiger partial charge on any atom is 0.222 e. The van der Waals surface area contributed by atoms with Gasteiger partial charge >= 0.3 is 0 Å². The summed E-state index contributed by atoms with van der Waals surface area (Å²) in [6.45, 7) is 1.00. The second-order valence-electron chi connectivity index (χ2n) is 2.43. The van der Waals surface area contributed by atoms with Gasteiger partial charge in [0.05, 0.1) is 0 Å². The van der Waals surface area contributed by atoms with Crippen LogP contribution < -0.4 is 0 Å². The Morgan fingerprint density at radius 2 is 2.56 bits per heavy atom. The summed E-state index contributed by atoms with van der Waals surface area (Å²) in [5.41, 5.74) is 1.30. The van der Waals surface area contributed by atoms with Crippen molar-refractivity contribution in [2.24, 2.45) is 0 Å². The number of aromatic nitrogens is 1. The van der Waals surface area contributed by atoms with Gasteiger partial charge in [0, 0.05) is 6.20 Å². The van der Waals surface area contributed by atoms with Crippen LogP contribution in [0.15, 0.2) is 18.3 Å². The van der Waals surface area contributed by atoms with Gasteiger partial charge in [-0.25, -0.2) is 4.58 Å². The van der Waals surface area contributed by atoms with Gasteiger partial charge in [-0.2, -0.15) is 0 Å². The first-order valence-electron chi connectivity index (χ1n) is 3.06. The normalized spacial score (nSPS) is 15.4. The Morgan fingerprint density at radius 1 is 1.67 bits per heavy atom. The highest BCUT2D eigenvalue weighted by Crippen LogP contribution is 2.03. The van der Waals surface area contributed by atoms with E-state index < -0.39 is 0 Å². The molecule has 0 spiro atoms. The highest BCUT2D eigenvalue weighted by molar-refractivity contribution is 5.74. The number of fused-ring (bicyclic) bond motifs is 1. The molecular weight excluding hydrogens is 112 g/mol. The maximum absolute atomic E-state index is 2.21. The summed E-state index contributed by atoms with van der Waals surface area (Å²) in [6.07, 6.45) is 4.23. The van der Waals surface area contributed by atoms with E-state index in [0.717, 1.165) is 6.67 Å². The predicted molar refractivity (Wildman–Crippen MR) is 35.8 cm³/mol. The predicted octanol–water partition coefficient (Wildman–Crippen LogP) is 0.520. The van der Waals surface area contributed by atoms with Crippen LogP contribution in [-0.2, 0) is 6.67 Å². The highest BCUT2D eigenvalue weighted by Gasteiger charge is 2.11. The van der Waals surface area contributed by atoms with Gasteiger partial charge in [-0.1, -0.05) is 0 Å². The molecule has 9 heavy (non-hydrogen) atoms. The van der Waals surface area contributed by atoms with Crippen molar-refractivity contribution in [3.63, 3.8) is 0 Å².